The molecule has 0 aliphatic carbocycles. The quantitative estimate of drug-likeness (QED) is 0.929. The Morgan fingerprint density at radius 1 is 1.58 bits per heavy atom. The molecule has 1 saturated heterocycles. The Hall–Kier alpha value is -1.69. The third-order valence-electron chi connectivity index (χ3n) is 3.50. The zero-order valence-electron chi connectivity index (χ0n) is 10.6. The van der Waals surface area contributed by atoms with Gasteiger partial charge in [-0.1, -0.05) is 6.07 Å². The highest BCUT2D eigenvalue weighted by atomic mass is 32.2. The third-order valence-corrected chi connectivity index (χ3v) is 4.65. The SMILES string of the molecule is CN(c1nc2ccccn2c1C(=O)O)C1CCSC1. The van der Waals surface area contributed by atoms with Crippen molar-refractivity contribution in [1.82, 2.24) is 9.38 Å². The van der Waals surface area contributed by atoms with Crippen molar-refractivity contribution in [3.63, 3.8) is 0 Å². The monoisotopic (exact) mass is 277 g/mol. The van der Waals surface area contributed by atoms with Gasteiger partial charge in [0.05, 0.1) is 0 Å². The fourth-order valence-corrected chi connectivity index (χ4v) is 3.70. The second-order valence-corrected chi connectivity index (χ2v) is 5.80. The van der Waals surface area contributed by atoms with Gasteiger partial charge in [0.2, 0.25) is 0 Å². The molecule has 1 N–H and O–H groups in total. The molecular formula is C13H15N3O2S. The minimum atomic E-state index is -0.939. The smallest absolute Gasteiger partial charge is 0.356 e. The second kappa shape index (κ2) is 4.77. The van der Waals surface area contributed by atoms with Crippen molar-refractivity contribution in [3.8, 4) is 0 Å². The van der Waals surface area contributed by atoms with E-state index < -0.39 is 5.97 Å². The maximum atomic E-state index is 11.5. The molecule has 3 rings (SSSR count). The summed E-state index contributed by atoms with van der Waals surface area (Å²) in [6.07, 6.45) is 2.82. The number of thioether (sulfide) groups is 1. The van der Waals surface area contributed by atoms with E-state index in [-0.39, 0.29) is 5.69 Å². The highest BCUT2D eigenvalue weighted by Gasteiger charge is 2.27. The number of carbonyl (C=O) groups is 1. The van der Waals surface area contributed by atoms with Crippen LogP contribution in [0.3, 0.4) is 0 Å². The molecule has 0 spiro atoms. The topological polar surface area (TPSA) is 57.8 Å². The van der Waals surface area contributed by atoms with E-state index in [4.69, 9.17) is 0 Å². The molecule has 6 heteroatoms. The largest absolute Gasteiger partial charge is 0.476 e. The van der Waals surface area contributed by atoms with E-state index in [0.717, 1.165) is 17.9 Å². The van der Waals surface area contributed by atoms with Crippen LogP contribution in [0.5, 0.6) is 0 Å². The minimum Gasteiger partial charge on any atom is -0.476 e. The van der Waals surface area contributed by atoms with Gasteiger partial charge in [-0.25, -0.2) is 9.78 Å². The lowest BCUT2D eigenvalue weighted by Crippen LogP contribution is -2.32. The van der Waals surface area contributed by atoms with Crippen molar-refractivity contribution in [3.05, 3.63) is 30.1 Å². The maximum Gasteiger partial charge on any atom is 0.356 e. The zero-order chi connectivity index (χ0) is 13.4. The average Bonchev–Trinajstić information content (AvgIpc) is 3.04. The number of anilines is 1. The van der Waals surface area contributed by atoms with Gasteiger partial charge < -0.3 is 10.0 Å². The van der Waals surface area contributed by atoms with E-state index in [0.29, 0.717) is 17.5 Å². The molecule has 1 aliphatic rings. The van der Waals surface area contributed by atoms with E-state index >= 15 is 0 Å². The zero-order valence-corrected chi connectivity index (χ0v) is 11.4. The van der Waals surface area contributed by atoms with Gasteiger partial charge in [0.1, 0.15) is 5.65 Å². The van der Waals surface area contributed by atoms with Gasteiger partial charge in [-0.15, -0.1) is 0 Å². The lowest BCUT2D eigenvalue weighted by Gasteiger charge is -2.24. The van der Waals surface area contributed by atoms with Crippen molar-refractivity contribution >= 4 is 29.2 Å². The molecule has 5 nitrogen and oxygen atoms in total. The predicted molar refractivity (Wildman–Crippen MR) is 76.3 cm³/mol. The van der Waals surface area contributed by atoms with E-state index in [1.165, 1.54) is 0 Å². The number of aromatic carboxylic acids is 1. The van der Waals surface area contributed by atoms with Gasteiger partial charge in [0.15, 0.2) is 11.5 Å². The number of fused-ring (bicyclic) bond motifs is 1. The molecule has 0 amide bonds. The van der Waals surface area contributed by atoms with Gasteiger partial charge in [-0.2, -0.15) is 11.8 Å². The lowest BCUT2D eigenvalue weighted by atomic mass is 10.2. The summed E-state index contributed by atoms with van der Waals surface area (Å²) < 4.78 is 1.64. The summed E-state index contributed by atoms with van der Waals surface area (Å²) in [6.45, 7) is 0. The number of pyridine rings is 1. The molecule has 100 valence electrons. The third kappa shape index (κ3) is 2.06. The van der Waals surface area contributed by atoms with Crippen molar-refractivity contribution in [1.29, 1.82) is 0 Å². The minimum absolute atomic E-state index is 0.245. The van der Waals surface area contributed by atoms with Gasteiger partial charge in [0.25, 0.3) is 0 Å². The van der Waals surface area contributed by atoms with E-state index in [1.807, 2.05) is 41.9 Å². The molecule has 1 unspecified atom stereocenters. The number of imidazole rings is 1. The van der Waals surface area contributed by atoms with Crippen LogP contribution >= 0.6 is 11.8 Å². The fraction of sp³-hybridized carbons (Fsp3) is 0.385. The molecule has 0 bridgehead atoms. The van der Waals surface area contributed by atoms with Crippen LogP contribution < -0.4 is 4.90 Å². The first-order chi connectivity index (χ1) is 9.18. The highest BCUT2D eigenvalue weighted by molar-refractivity contribution is 7.99. The summed E-state index contributed by atoms with van der Waals surface area (Å²) in [5.74, 6) is 1.78. The number of hydrogen-bond acceptors (Lipinski definition) is 4. The second-order valence-electron chi connectivity index (χ2n) is 4.65. The van der Waals surface area contributed by atoms with Crippen LogP contribution in [0, 0.1) is 0 Å². The summed E-state index contributed by atoms with van der Waals surface area (Å²) in [6, 6.07) is 5.88. The van der Waals surface area contributed by atoms with Crippen LogP contribution in [0.15, 0.2) is 24.4 Å². The first-order valence-electron chi connectivity index (χ1n) is 6.19. The molecule has 1 atom stereocenters. The molecule has 1 aliphatic heterocycles. The summed E-state index contributed by atoms with van der Waals surface area (Å²) in [4.78, 5) is 18.0. The molecule has 19 heavy (non-hydrogen) atoms. The maximum absolute atomic E-state index is 11.5. The predicted octanol–water partition coefficient (Wildman–Crippen LogP) is 1.97. The fourth-order valence-electron chi connectivity index (χ4n) is 2.43. The Morgan fingerprint density at radius 2 is 2.42 bits per heavy atom. The molecule has 0 saturated carbocycles. The van der Waals surface area contributed by atoms with Gasteiger partial charge >= 0.3 is 5.97 Å². The van der Waals surface area contributed by atoms with E-state index in [1.54, 1.807) is 10.6 Å². The average molecular weight is 277 g/mol. The summed E-state index contributed by atoms with van der Waals surface area (Å²) in [7, 11) is 1.94. The van der Waals surface area contributed by atoms with Crippen molar-refractivity contribution in [2.75, 3.05) is 23.5 Å². The van der Waals surface area contributed by atoms with E-state index in [2.05, 4.69) is 4.98 Å². The number of aromatic nitrogens is 2. The Balaban J connectivity index is 2.11. The van der Waals surface area contributed by atoms with Crippen LogP contribution in [-0.4, -0.2) is 45.1 Å². The number of nitrogens with zero attached hydrogens (tertiary/aromatic N) is 3. The molecule has 3 heterocycles. The summed E-state index contributed by atoms with van der Waals surface area (Å²) in [5.41, 5.74) is 0.919. The molecular weight excluding hydrogens is 262 g/mol. The van der Waals surface area contributed by atoms with Gasteiger partial charge in [-0.05, 0) is 24.3 Å². The standard InChI is InChI=1S/C13H15N3O2S/c1-15(9-5-7-19-8-9)12-11(13(17)18)16-6-3-2-4-10(16)14-12/h2-4,6,9H,5,7-8H2,1H3,(H,17,18). The van der Waals surface area contributed by atoms with Crippen LogP contribution in [0.4, 0.5) is 5.82 Å². The molecule has 1 fully saturated rings. The van der Waals surface area contributed by atoms with Crippen LogP contribution in [0.2, 0.25) is 0 Å². The van der Waals surface area contributed by atoms with Crippen molar-refractivity contribution < 1.29 is 9.90 Å². The Bertz CT molecular complexity index is 619. The number of carboxylic acid groups (broad SMARTS) is 1. The molecule has 0 radical (unpaired) electrons. The van der Waals surface area contributed by atoms with Gasteiger partial charge in [-0.3, -0.25) is 4.40 Å². The Labute approximate surface area is 115 Å². The number of carboxylic acids is 1. The molecule has 2 aromatic heterocycles. The Morgan fingerprint density at radius 3 is 3.11 bits per heavy atom. The van der Waals surface area contributed by atoms with Crippen molar-refractivity contribution in [2.24, 2.45) is 0 Å². The first-order valence-corrected chi connectivity index (χ1v) is 7.35. The lowest BCUT2D eigenvalue weighted by molar-refractivity contribution is 0.0690. The number of hydrogen-bond donors (Lipinski definition) is 1. The van der Waals surface area contributed by atoms with E-state index in [9.17, 15) is 9.90 Å². The highest BCUT2D eigenvalue weighted by Crippen LogP contribution is 2.28. The normalized spacial score (nSPS) is 18.9. The number of rotatable bonds is 3. The van der Waals surface area contributed by atoms with Gasteiger partial charge in [0, 0.05) is 25.0 Å². The first kappa shape index (κ1) is 12.3. The van der Waals surface area contributed by atoms with Crippen LogP contribution in [0.1, 0.15) is 16.9 Å². The van der Waals surface area contributed by atoms with Crippen LogP contribution in [0.25, 0.3) is 5.65 Å². The molecule has 0 aromatic carbocycles. The molecule has 2 aromatic rings. The summed E-state index contributed by atoms with van der Waals surface area (Å²) in [5, 5.41) is 9.45. The summed E-state index contributed by atoms with van der Waals surface area (Å²) >= 11 is 1.90. The Kier molecular flexibility index (Phi) is 3.10. The van der Waals surface area contributed by atoms with Crippen molar-refractivity contribution in [2.45, 2.75) is 12.5 Å². The van der Waals surface area contributed by atoms with Crippen LogP contribution in [-0.2, 0) is 0 Å².